The van der Waals surface area contributed by atoms with Crippen LogP contribution in [-0.2, 0) is 0 Å². The van der Waals surface area contributed by atoms with E-state index in [-0.39, 0.29) is 0 Å². The average Bonchev–Trinajstić information content (AvgIpc) is 2.43. The lowest BCUT2D eigenvalue weighted by Gasteiger charge is -2.05. The smallest absolute Gasteiger partial charge is 0.0916 e. The van der Waals surface area contributed by atoms with Gasteiger partial charge in [-0.25, -0.2) is 0 Å². The van der Waals surface area contributed by atoms with Crippen LogP contribution in [0.25, 0.3) is 0 Å². The quantitative estimate of drug-likeness (QED) is 0.430. The van der Waals surface area contributed by atoms with Crippen molar-refractivity contribution in [3.05, 3.63) is 11.9 Å². The van der Waals surface area contributed by atoms with E-state index in [0.717, 1.165) is 12.4 Å². The van der Waals surface area contributed by atoms with E-state index >= 15 is 0 Å². The number of hydrogen-bond acceptors (Lipinski definition) is 2. The molecule has 0 unspecified atom stereocenters. The minimum absolute atomic E-state index is 0.808. The number of nitrogens with two attached hydrogens (primary N) is 1. The van der Waals surface area contributed by atoms with Crippen molar-refractivity contribution in [2.75, 3.05) is 6.54 Å². The zero-order chi connectivity index (χ0) is 14.2. The van der Waals surface area contributed by atoms with E-state index in [0.29, 0.717) is 0 Å². The Bertz CT molecular complexity index is 199. The lowest BCUT2D eigenvalue weighted by atomic mass is 10.1. The molecule has 0 amide bonds. The summed E-state index contributed by atoms with van der Waals surface area (Å²) in [6.07, 6.45) is 18.7. The van der Waals surface area contributed by atoms with Gasteiger partial charge in [0.15, 0.2) is 0 Å². The summed E-state index contributed by atoms with van der Waals surface area (Å²) < 4.78 is 0. The summed E-state index contributed by atoms with van der Waals surface area (Å²) in [6, 6.07) is 0. The molecule has 0 aromatic heterocycles. The second-order valence-electron chi connectivity index (χ2n) is 5.56. The van der Waals surface area contributed by atoms with Gasteiger partial charge in [-0.2, -0.15) is 0 Å². The van der Waals surface area contributed by atoms with Crippen LogP contribution in [0.15, 0.2) is 11.9 Å². The number of unbranched alkanes of at least 4 members (excludes halogenated alkanes) is 11. The highest BCUT2D eigenvalue weighted by Crippen LogP contribution is 2.11. The highest BCUT2D eigenvalue weighted by Gasteiger charge is 1.93. The second kappa shape index (κ2) is 15.4. The first-order valence-electron chi connectivity index (χ1n) is 8.47. The number of rotatable bonds is 14. The van der Waals surface area contributed by atoms with Crippen molar-refractivity contribution in [2.45, 2.75) is 90.9 Å². The molecule has 0 heterocycles. The third kappa shape index (κ3) is 15.3. The third-order valence-electron chi connectivity index (χ3n) is 3.67. The highest BCUT2D eigenvalue weighted by atomic mass is 15.0. The Hall–Kier alpha value is -0.660. The van der Waals surface area contributed by atoms with Crippen LogP contribution in [0.2, 0.25) is 0 Å². The maximum Gasteiger partial charge on any atom is 0.0916 e. The summed E-state index contributed by atoms with van der Waals surface area (Å²) in [5, 5.41) is 3.21. The largest absolute Gasteiger partial charge is 0.386 e. The predicted molar refractivity (Wildman–Crippen MR) is 87.0 cm³/mol. The summed E-state index contributed by atoms with van der Waals surface area (Å²) >= 11 is 0. The number of hydrogen-bond donors (Lipinski definition) is 2. The number of allylic oxidation sites excluding steroid dienone is 1. The Kier molecular flexibility index (Phi) is 14.9. The van der Waals surface area contributed by atoms with Crippen LogP contribution in [0.5, 0.6) is 0 Å². The van der Waals surface area contributed by atoms with Crippen LogP contribution in [-0.4, -0.2) is 6.54 Å². The zero-order valence-corrected chi connectivity index (χ0v) is 13.3. The second-order valence-corrected chi connectivity index (χ2v) is 5.56. The van der Waals surface area contributed by atoms with Gasteiger partial charge in [0.25, 0.3) is 0 Å². The molecular formula is C17H36N2. The maximum atomic E-state index is 5.66. The fourth-order valence-electron chi connectivity index (χ4n) is 2.30. The zero-order valence-electron chi connectivity index (χ0n) is 13.3. The monoisotopic (exact) mass is 268 g/mol. The standard InChI is InChI=1S/C17H36N2/c1-3-5-6-7-8-9-10-11-12-13-14-15-16-19-17(18)4-2/h4,19H,3,5-16,18H2,1-2H3. The predicted octanol–water partition coefficient (Wildman–Crippen LogP) is 5.10. The van der Waals surface area contributed by atoms with Crippen molar-refractivity contribution in [2.24, 2.45) is 5.73 Å². The van der Waals surface area contributed by atoms with Gasteiger partial charge in [-0.1, -0.05) is 77.6 Å². The summed E-state index contributed by atoms with van der Waals surface area (Å²) in [4.78, 5) is 0. The first-order chi connectivity index (χ1) is 9.31. The van der Waals surface area contributed by atoms with Crippen molar-refractivity contribution >= 4 is 0 Å². The van der Waals surface area contributed by atoms with Crippen molar-refractivity contribution in [3.63, 3.8) is 0 Å². The molecule has 0 aromatic rings. The average molecular weight is 268 g/mol. The molecule has 0 spiro atoms. The van der Waals surface area contributed by atoms with E-state index in [1.54, 1.807) is 0 Å². The van der Waals surface area contributed by atoms with Crippen LogP contribution in [0.1, 0.15) is 90.9 Å². The van der Waals surface area contributed by atoms with Crippen molar-refractivity contribution < 1.29 is 0 Å². The molecule has 0 aliphatic heterocycles. The first kappa shape index (κ1) is 18.3. The van der Waals surface area contributed by atoms with Crippen molar-refractivity contribution in [3.8, 4) is 0 Å². The van der Waals surface area contributed by atoms with Crippen LogP contribution in [0.3, 0.4) is 0 Å². The highest BCUT2D eigenvalue weighted by molar-refractivity contribution is 4.89. The van der Waals surface area contributed by atoms with Gasteiger partial charge in [0, 0.05) is 6.54 Å². The van der Waals surface area contributed by atoms with Crippen LogP contribution in [0.4, 0.5) is 0 Å². The first-order valence-corrected chi connectivity index (χ1v) is 8.47. The van der Waals surface area contributed by atoms with E-state index in [1.807, 2.05) is 13.0 Å². The third-order valence-corrected chi connectivity index (χ3v) is 3.67. The minimum Gasteiger partial charge on any atom is -0.386 e. The lowest BCUT2D eigenvalue weighted by molar-refractivity contribution is 0.540. The SMILES string of the molecule is CC=C(N)NCCCCCCCCCCCCCC. The summed E-state index contributed by atoms with van der Waals surface area (Å²) in [5.41, 5.74) is 5.66. The molecule has 0 atom stereocenters. The van der Waals surface area contributed by atoms with Gasteiger partial charge in [-0.15, -0.1) is 0 Å². The Labute approximate surface area is 121 Å². The molecule has 0 radical (unpaired) electrons. The molecule has 19 heavy (non-hydrogen) atoms. The van der Waals surface area contributed by atoms with Gasteiger partial charge in [-0.3, -0.25) is 0 Å². The Morgan fingerprint density at radius 1 is 0.789 bits per heavy atom. The fraction of sp³-hybridized carbons (Fsp3) is 0.882. The van der Waals surface area contributed by atoms with Gasteiger partial charge in [0.2, 0.25) is 0 Å². The van der Waals surface area contributed by atoms with E-state index in [9.17, 15) is 0 Å². The molecule has 0 rings (SSSR count). The molecule has 0 aliphatic carbocycles. The fourth-order valence-corrected chi connectivity index (χ4v) is 2.30. The molecule has 2 heteroatoms. The number of nitrogens with one attached hydrogen (secondary N) is 1. The van der Waals surface area contributed by atoms with E-state index < -0.39 is 0 Å². The van der Waals surface area contributed by atoms with E-state index in [4.69, 9.17) is 5.73 Å². The molecule has 0 aliphatic rings. The van der Waals surface area contributed by atoms with Gasteiger partial charge in [0.05, 0.1) is 5.82 Å². The summed E-state index contributed by atoms with van der Waals surface area (Å²) in [7, 11) is 0. The topological polar surface area (TPSA) is 38.0 Å². The summed E-state index contributed by atoms with van der Waals surface area (Å²) in [5.74, 6) is 0.808. The molecule has 0 saturated carbocycles. The summed E-state index contributed by atoms with van der Waals surface area (Å²) in [6.45, 7) is 5.26. The van der Waals surface area contributed by atoms with E-state index in [2.05, 4.69) is 12.2 Å². The van der Waals surface area contributed by atoms with Gasteiger partial charge in [-0.05, 0) is 19.4 Å². The minimum atomic E-state index is 0.808. The molecule has 114 valence electrons. The van der Waals surface area contributed by atoms with Crippen LogP contribution < -0.4 is 11.1 Å². The molecular weight excluding hydrogens is 232 g/mol. The molecule has 0 fully saturated rings. The molecule has 0 bridgehead atoms. The lowest BCUT2D eigenvalue weighted by Crippen LogP contribution is -2.20. The van der Waals surface area contributed by atoms with Gasteiger partial charge in [0.1, 0.15) is 0 Å². The van der Waals surface area contributed by atoms with Crippen molar-refractivity contribution in [1.29, 1.82) is 0 Å². The van der Waals surface area contributed by atoms with Gasteiger partial charge < -0.3 is 11.1 Å². The normalized spacial score (nSPS) is 11.8. The molecule has 0 saturated heterocycles. The Balaban J connectivity index is 2.99. The molecule has 2 nitrogen and oxygen atoms in total. The Morgan fingerprint density at radius 2 is 1.21 bits per heavy atom. The van der Waals surface area contributed by atoms with Crippen LogP contribution >= 0.6 is 0 Å². The van der Waals surface area contributed by atoms with Crippen molar-refractivity contribution in [1.82, 2.24) is 5.32 Å². The Morgan fingerprint density at radius 3 is 1.63 bits per heavy atom. The molecule has 0 aromatic carbocycles. The maximum absolute atomic E-state index is 5.66. The van der Waals surface area contributed by atoms with Gasteiger partial charge >= 0.3 is 0 Å². The van der Waals surface area contributed by atoms with Crippen LogP contribution in [0, 0.1) is 0 Å². The molecule has 3 N–H and O–H groups in total. The van der Waals surface area contributed by atoms with E-state index in [1.165, 1.54) is 77.0 Å².